The quantitative estimate of drug-likeness (QED) is 0.595. The Labute approximate surface area is 98.3 Å². The van der Waals surface area contributed by atoms with Gasteiger partial charge >= 0.3 is 5.97 Å². The van der Waals surface area contributed by atoms with Crippen LogP contribution in [0, 0.1) is 11.3 Å². The van der Waals surface area contributed by atoms with Crippen molar-refractivity contribution in [1.82, 2.24) is 0 Å². The summed E-state index contributed by atoms with van der Waals surface area (Å²) in [7, 11) is 1.28. The lowest BCUT2D eigenvalue weighted by atomic mass is 10.1. The van der Waals surface area contributed by atoms with Gasteiger partial charge < -0.3 is 9.47 Å². The monoisotopic (exact) mass is 239 g/mol. The number of halogens is 1. The molecule has 0 heterocycles. The summed E-state index contributed by atoms with van der Waals surface area (Å²) in [5.41, 5.74) is 0.602. The van der Waals surface area contributed by atoms with Crippen molar-refractivity contribution in [1.29, 1.82) is 5.26 Å². The van der Waals surface area contributed by atoms with Gasteiger partial charge in [-0.15, -0.1) is 11.6 Å². The topological polar surface area (TPSA) is 59.3 Å². The van der Waals surface area contributed by atoms with Crippen molar-refractivity contribution in [3.8, 4) is 11.8 Å². The number of carbonyl (C=O) groups is 1. The molecule has 0 atom stereocenters. The van der Waals surface area contributed by atoms with E-state index in [-0.39, 0.29) is 5.56 Å². The normalized spacial score (nSPS) is 9.31. The number of ether oxygens (including phenoxy) is 2. The molecule has 0 spiro atoms. The van der Waals surface area contributed by atoms with Crippen LogP contribution in [0.25, 0.3) is 0 Å². The van der Waals surface area contributed by atoms with E-state index >= 15 is 0 Å². The Kier molecular flexibility index (Phi) is 4.62. The molecule has 0 unspecified atom stereocenters. The first-order chi connectivity index (χ1) is 7.72. The number of benzene rings is 1. The molecule has 1 aromatic rings. The summed E-state index contributed by atoms with van der Waals surface area (Å²) in [4.78, 5) is 11.2. The zero-order valence-electron chi connectivity index (χ0n) is 8.70. The molecule has 0 aromatic heterocycles. The van der Waals surface area contributed by atoms with Crippen molar-refractivity contribution in [3.05, 3.63) is 29.3 Å². The van der Waals surface area contributed by atoms with Crippen molar-refractivity contribution in [2.45, 2.75) is 0 Å². The smallest absolute Gasteiger partial charge is 0.337 e. The number of esters is 1. The number of rotatable bonds is 4. The highest BCUT2D eigenvalue weighted by atomic mass is 35.5. The minimum atomic E-state index is -0.486. The average Bonchev–Trinajstić information content (AvgIpc) is 2.35. The number of hydrogen-bond donors (Lipinski definition) is 0. The van der Waals surface area contributed by atoms with Crippen LogP contribution < -0.4 is 4.74 Å². The second-order valence-corrected chi connectivity index (χ2v) is 3.23. The first-order valence-corrected chi connectivity index (χ1v) is 5.07. The minimum absolute atomic E-state index is 0.285. The number of carbonyl (C=O) groups excluding carboxylic acids is 1. The van der Waals surface area contributed by atoms with Gasteiger partial charge in [0.15, 0.2) is 0 Å². The lowest BCUT2D eigenvalue weighted by Crippen LogP contribution is -2.04. The van der Waals surface area contributed by atoms with Crippen LogP contribution in [0.5, 0.6) is 5.75 Å². The maximum atomic E-state index is 11.2. The lowest BCUT2D eigenvalue weighted by molar-refractivity contribution is 0.0600. The summed E-state index contributed by atoms with van der Waals surface area (Å²) in [6.07, 6.45) is 0. The van der Waals surface area contributed by atoms with Gasteiger partial charge in [-0.3, -0.25) is 0 Å². The van der Waals surface area contributed by atoms with E-state index in [1.807, 2.05) is 6.07 Å². The van der Waals surface area contributed by atoms with E-state index in [4.69, 9.17) is 21.6 Å². The van der Waals surface area contributed by atoms with Gasteiger partial charge in [-0.2, -0.15) is 5.26 Å². The highest BCUT2D eigenvalue weighted by Crippen LogP contribution is 2.19. The Hall–Kier alpha value is -1.73. The highest BCUT2D eigenvalue weighted by Gasteiger charge is 2.10. The minimum Gasteiger partial charge on any atom is -0.491 e. The van der Waals surface area contributed by atoms with Crippen LogP contribution in [0.1, 0.15) is 15.9 Å². The number of nitriles is 1. The third-order valence-corrected chi connectivity index (χ3v) is 2.01. The second-order valence-electron chi connectivity index (χ2n) is 2.85. The Balaban J connectivity index is 2.98. The van der Waals surface area contributed by atoms with Crippen LogP contribution >= 0.6 is 11.6 Å². The fourth-order valence-corrected chi connectivity index (χ4v) is 1.21. The molecule has 16 heavy (non-hydrogen) atoms. The molecule has 0 saturated carbocycles. The van der Waals surface area contributed by atoms with E-state index in [2.05, 4.69) is 4.74 Å². The standard InChI is InChI=1S/C11H10ClNO3/c1-15-11(14)8-2-3-10(16-5-4-12)9(6-8)7-13/h2-3,6H,4-5H2,1H3. The first-order valence-electron chi connectivity index (χ1n) is 4.54. The molecule has 0 saturated heterocycles. The Bertz CT molecular complexity index is 426. The summed E-state index contributed by atoms with van der Waals surface area (Å²) in [6, 6.07) is 6.46. The molecule has 0 fully saturated rings. The Morgan fingerprint density at radius 2 is 2.31 bits per heavy atom. The molecule has 0 N–H and O–H groups in total. The van der Waals surface area contributed by atoms with E-state index in [0.29, 0.717) is 23.8 Å². The van der Waals surface area contributed by atoms with Crippen LogP contribution in [-0.2, 0) is 4.74 Å². The van der Waals surface area contributed by atoms with Gasteiger partial charge in [0.05, 0.1) is 24.1 Å². The molecule has 4 nitrogen and oxygen atoms in total. The fraction of sp³-hybridized carbons (Fsp3) is 0.273. The SMILES string of the molecule is COC(=O)c1ccc(OCCCl)c(C#N)c1. The molecule has 1 aromatic carbocycles. The maximum absolute atomic E-state index is 11.2. The molecular formula is C11H10ClNO3. The molecule has 5 heteroatoms. The molecule has 1 rings (SSSR count). The lowest BCUT2D eigenvalue weighted by Gasteiger charge is -2.07. The average molecular weight is 240 g/mol. The molecule has 0 aliphatic rings. The van der Waals surface area contributed by atoms with Crippen molar-refractivity contribution in [2.24, 2.45) is 0 Å². The summed E-state index contributed by atoms with van der Waals surface area (Å²) in [6.45, 7) is 0.313. The van der Waals surface area contributed by atoms with Crippen LogP contribution in [0.3, 0.4) is 0 Å². The van der Waals surface area contributed by atoms with E-state index < -0.39 is 5.97 Å². The molecule has 0 aliphatic heterocycles. The predicted molar refractivity (Wildman–Crippen MR) is 58.7 cm³/mol. The van der Waals surface area contributed by atoms with Gasteiger partial charge in [0.2, 0.25) is 0 Å². The van der Waals surface area contributed by atoms with E-state index in [9.17, 15) is 4.79 Å². The summed E-state index contributed by atoms with van der Waals surface area (Å²) < 4.78 is 9.79. The number of hydrogen-bond acceptors (Lipinski definition) is 4. The first kappa shape index (κ1) is 12.3. The summed E-state index contributed by atoms with van der Waals surface area (Å²) in [5, 5.41) is 8.88. The summed E-state index contributed by atoms with van der Waals surface area (Å²) in [5.74, 6) is 0.264. The van der Waals surface area contributed by atoms with Crippen molar-refractivity contribution in [2.75, 3.05) is 19.6 Å². The number of nitrogens with zero attached hydrogens (tertiary/aromatic N) is 1. The van der Waals surface area contributed by atoms with Crippen molar-refractivity contribution >= 4 is 17.6 Å². The van der Waals surface area contributed by atoms with Crippen molar-refractivity contribution in [3.63, 3.8) is 0 Å². The molecular weight excluding hydrogens is 230 g/mol. The van der Waals surface area contributed by atoms with Gasteiger partial charge in [0.25, 0.3) is 0 Å². The van der Waals surface area contributed by atoms with Gasteiger partial charge in [-0.1, -0.05) is 0 Å². The maximum Gasteiger partial charge on any atom is 0.337 e. The Morgan fingerprint density at radius 1 is 1.56 bits per heavy atom. The molecule has 0 aliphatic carbocycles. The van der Waals surface area contributed by atoms with Crippen LogP contribution in [-0.4, -0.2) is 25.6 Å². The number of methoxy groups -OCH3 is 1. The molecule has 0 bridgehead atoms. The van der Waals surface area contributed by atoms with E-state index in [1.54, 1.807) is 6.07 Å². The van der Waals surface area contributed by atoms with Crippen LogP contribution in [0.4, 0.5) is 0 Å². The fourth-order valence-electron chi connectivity index (χ4n) is 1.14. The van der Waals surface area contributed by atoms with Gasteiger partial charge in [-0.25, -0.2) is 4.79 Å². The van der Waals surface area contributed by atoms with E-state index in [0.717, 1.165) is 0 Å². The number of alkyl halides is 1. The highest BCUT2D eigenvalue weighted by molar-refractivity contribution is 6.18. The zero-order chi connectivity index (χ0) is 12.0. The second kappa shape index (κ2) is 5.99. The molecule has 0 amide bonds. The van der Waals surface area contributed by atoms with Crippen LogP contribution in [0.15, 0.2) is 18.2 Å². The predicted octanol–water partition coefficient (Wildman–Crippen LogP) is 1.96. The largest absolute Gasteiger partial charge is 0.491 e. The molecule has 84 valence electrons. The van der Waals surface area contributed by atoms with Crippen LogP contribution in [0.2, 0.25) is 0 Å². The van der Waals surface area contributed by atoms with Gasteiger partial charge in [0, 0.05) is 0 Å². The third kappa shape index (κ3) is 2.88. The van der Waals surface area contributed by atoms with Crippen molar-refractivity contribution < 1.29 is 14.3 Å². The van der Waals surface area contributed by atoms with Gasteiger partial charge in [-0.05, 0) is 18.2 Å². The Morgan fingerprint density at radius 3 is 2.88 bits per heavy atom. The summed E-state index contributed by atoms with van der Waals surface area (Å²) >= 11 is 5.47. The van der Waals surface area contributed by atoms with E-state index in [1.165, 1.54) is 19.2 Å². The van der Waals surface area contributed by atoms with Gasteiger partial charge in [0.1, 0.15) is 18.4 Å². The third-order valence-electron chi connectivity index (χ3n) is 1.86. The zero-order valence-corrected chi connectivity index (χ0v) is 9.45. The molecule has 0 radical (unpaired) electrons.